The van der Waals surface area contributed by atoms with Crippen molar-refractivity contribution in [1.82, 2.24) is 9.55 Å². The van der Waals surface area contributed by atoms with E-state index in [1.165, 1.54) is 0 Å². The quantitative estimate of drug-likeness (QED) is 0.744. The maximum absolute atomic E-state index is 12.1. The number of aromatic amines is 1. The molecule has 4 nitrogen and oxygen atoms in total. The first kappa shape index (κ1) is 14.4. The lowest BCUT2D eigenvalue weighted by Crippen LogP contribution is -2.17. The molecular weight excluding hydrogens is 274 g/mol. The van der Waals surface area contributed by atoms with Crippen molar-refractivity contribution in [2.24, 2.45) is 5.92 Å². The molecule has 0 fully saturated rings. The molecule has 0 aliphatic carbocycles. The predicted molar refractivity (Wildman–Crippen MR) is 91.7 cm³/mol. The molecule has 0 radical (unpaired) electrons. The summed E-state index contributed by atoms with van der Waals surface area (Å²) in [5, 5.41) is 3.34. The molecule has 0 atom stereocenters. The molecule has 2 aromatic carbocycles. The van der Waals surface area contributed by atoms with Gasteiger partial charge in [-0.05, 0) is 42.7 Å². The maximum atomic E-state index is 12.1. The highest BCUT2D eigenvalue weighted by Gasteiger charge is 2.08. The van der Waals surface area contributed by atoms with Gasteiger partial charge in [-0.1, -0.05) is 32.0 Å². The molecule has 3 rings (SSSR count). The van der Waals surface area contributed by atoms with Crippen LogP contribution in [0, 0.1) is 5.92 Å². The number of anilines is 2. The van der Waals surface area contributed by atoms with Gasteiger partial charge in [0, 0.05) is 17.9 Å². The number of benzene rings is 2. The Morgan fingerprint density at radius 2 is 1.86 bits per heavy atom. The Morgan fingerprint density at radius 3 is 2.59 bits per heavy atom. The first-order valence-electron chi connectivity index (χ1n) is 7.68. The average Bonchev–Trinajstić information content (AvgIpc) is 2.81. The monoisotopic (exact) mass is 295 g/mol. The molecule has 0 amide bonds. The van der Waals surface area contributed by atoms with E-state index in [9.17, 15) is 4.79 Å². The zero-order valence-electron chi connectivity index (χ0n) is 13.0. The van der Waals surface area contributed by atoms with E-state index in [0.717, 1.165) is 35.4 Å². The largest absolute Gasteiger partial charge is 0.355 e. The van der Waals surface area contributed by atoms with Crippen LogP contribution >= 0.6 is 0 Å². The highest BCUT2D eigenvalue weighted by Crippen LogP contribution is 2.21. The molecule has 4 heteroatoms. The number of hydrogen-bond acceptors (Lipinski definition) is 2. The molecule has 0 aliphatic heterocycles. The Labute approximate surface area is 129 Å². The minimum Gasteiger partial charge on any atom is -0.355 e. The smallest absolute Gasteiger partial charge is 0.326 e. The summed E-state index contributed by atoms with van der Waals surface area (Å²) in [6, 6.07) is 16.0. The van der Waals surface area contributed by atoms with Crippen molar-refractivity contribution >= 4 is 22.4 Å². The van der Waals surface area contributed by atoms with Gasteiger partial charge in [-0.2, -0.15) is 0 Å². The number of aromatic nitrogens is 2. The molecule has 1 heterocycles. The van der Waals surface area contributed by atoms with Crippen molar-refractivity contribution in [3.05, 3.63) is 59.0 Å². The van der Waals surface area contributed by atoms with Gasteiger partial charge in [0.05, 0.1) is 11.0 Å². The number of nitrogens with one attached hydrogen (secondary N) is 2. The van der Waals surface area contributed by atoms with Gasteiger partial charge in [-0.25, -0.2) is 4.79 Å². The minimum atomic E-state index is -0.0347. The van der Waals surface area contributed by atoms with Crippen LogP contribution in [0.25, 0.3) is 11.0 Å². The topological polar surface area (TPSA) is 49.8 Å². The van der Waals surface area contributed by atoms with Crippen LogP contribution in [-0.2, 0) is 6.54 Å². The van der Waals surface area contributed by atoms with Crippen LogP contribution in [0.2, 0.25) is 0 Å². The molecule has 22 heavy (non-hydrogen) atoms. The van der Waals surface area contributed by atoms with E-state index in [-0.39, 0.29) is 5.69 Å². The van der Waals surface area contributed by atoms with Gasteiger partial charge < -0.3 is 10.3 Å². The van der Waals surface area contributed by atoms with Crippen LogP contribution in [0.4, 0.5) is 11.4 Å². The van der Waals surface area contributed by atoms with E-state index in [0.29, 0.717) is 5.92 Å². The predicted octanol–water partition coefficient (Wildman–Crippen LogP) is 4.12. The third kappa shape index (κ3) is 3.06. The second kappa shape index (κ2) is 6.10. The summed E-state index contributed by atoms with van der Waals surface area (Å²) in [4.78, 5) is 15.1. The number of aryl methyl sites for hydroxylation is 1. The first-order valence-corrected chi connectivity index (χ1v) is 7.68. The molecule has 1 aromatic heterocycles. The van der Waals surface area contributed by atoms with E-state index in [1.807, 2.05) is 53.1 Å². The van der Waals surface area contributed by atoms with Gasteiger partial charge >= 0.3 is 5.69 Å². The van der Waals surface area contributed by atoms with Crippen LogP contribution in [-0.4, -0.2) is 9.55 Å². The summed E-state index contributed by atoms with van der Waals surface area (Å²) < 4.78 is 1.82. The summed E-state index contributed by atoms with van der Waals surface area (Å²) >= 11 is 0. The summed E-state index contributed by atoms with van der Waals surface area (Å²) in [6.07, 6.45) is 0.997. The van der Waals surface area contributed by atoms with Crippen molar-refractivity contribution in [2.75, 3.05) is 5.32 Å². The Bertz CT molecular complexity index is 815. The van der Waals surface area contributed by atoms with Crippen LogP contribution in [0.1, 0.15) is 20.3 Å². The third-order valence-corrected chi connectivity index (χ3v) is 3.77. The Hall–Kier alpha value is -2.49. The summed E-state index contributed by atoms with van der Waals surface area (Å²) in [5.74, 6) is 0.580. The fourth-order valence-electron chi connectivity index (χ4n) is 2.54. The van der Waals surface area contributed by atoms with Gasteiger partial charge in [0.25, 0.3) is 0 Å². The molecule has 0 spiro atoms. The lowest BCUT2D eigenvalue weighted by molar-refractivity contribution is 0.516. The number of hydrogen-bond donors (Lipinski definition) is 2. The number of nitrogens with zero attached hydrogens (tertiary/aromatic N) is 1. The van der Waals surface area contributed by atoms with E-state index in [4.69, 9.17) is 0 Å². The van der Waals surface area contributed by atoms with Crippen molar-refractivity contribution in [3.63, 3.8) is 0 Å². The lowest BCUT2D eigenvalue weighted by atomic mass is 10.1. The molecule has 0 saturated carbocycles. The molecule has 0 aliphatic rings. The van der Waals surface area contributed by atoms with E-state index in [2.05, 4.69) is 24.1 Å². The second-order valence-corrected chi connectivity index (χ2v) is 5.99. The van der Waals surface area contributed by atoms with Crippen molar-refractivity contribution in [3.8, 4) is 0 Å². The summed E-state index contributed by atoms with van der Waals surface area (Å²) in [7, 11) is 0. The Morgan fingerprint density at radius 1 is 1.09 bits per heavy atom. The SMILES string of the molecule is CC(C)CCn1c(=O)[nH]c2cc(Nc3ccccc3)ccc21. The maximum Gasteiger partial charge on any atom is 0.326 e. The molecule has 0 saturated heterocycles. The minimum absolute atomic E-state index is 0.0347. The van der Waals surface area contributed by atoms with Crippen molar-refractivity contribution < 1.29 is 0 Å². The molecule has 3 aromatic rings. The molecule has 0 unspecified atom stereocenters. The third-order valence-electron chi connectivity index (χ3n) is 3.77. The number of imidazole rings is 1. The fraction of sp³-hybridized carbons (Fsp3) is 0.278. The van der Waals surface area contributed by atoms with E-state index in [1.54, 1.807) is 0 Å². The second-order valence-electron chi connectivity index (χ2n) is 5.99. The van der Waals surface area contributed by atoms with Crippen LogP contribution in [0.15, 0.2) is 53.3 Å². The summed E-state index contributed by atoms with van der Waals surface area (Å²) in [5.41, 5.74) is 3.80. The van der Waals surface area contributed by atoms with Crippen LogP contribution in [0.5, 0.6) is 0 Å². The van der Waals surface area contributed by atoms with Gasteiger partial charge in [0.1, 0.15) is 0 Å². The van der Waals surface area contributed by atoms with E-state index < -0.39 is 0 Å². The highest BCUT2D eigenvalue weighted by atomic mass is 16.1. The fourth-order valence-corrected chi connectivity index (χ4v) is 2.54. The van der Waals surface area contributed by atoms with Gasteiger partial charge in [-0.3, -0.25) is 4.57 Å². The van der Waals surface area contributed by atoms with Gasteiger partial charge in [0.2, 0.25) is 0 Å². The molecular formula is C18H21N3O. The van der Waals surface area contributed by atoms with Gasteiger partial charge in [-0.15, -0.1) is 0 Å². The first-order chi connectivity index (χ1) is 10.6. The molecule has 2 N–H and O–H groups in total. The van der Waals surface area contributed by atoms with Crippen LogP contribution in [0.3, 0.4) is 0 Å². The standard InChI is InChI=1S/C18H21N3O/c1-13(2)10-11-21-17-9-8-15(12-16(17)20-18(21)22)19-14-6-4-3-5-7-14/h3-9,12-13,19H,10-11H2,1-2H3,(H,20,22). The normalized spacial score (nSPS) is 11.2. The van der Waals surface area contributed by atoms with E-state index >= 15 is 0 Å². The summed E-state index contributed by atoms with van der Waals surface area (Å²) in [6.45, 7) is 5.09. The number of H-pyrrole nitrogens is 1. The Balaban J connectivity index is 1.89. The average molecular weight is 295 g/mol. The van der Waals surface area contributed by atoms with Crippen LogP contribution < -0.4 is 11.0 Å². The lowest BCUT2D eigenvalue weighted by Gasteiger charge is -2.08. The van der Waals surface area contributed by atoms with Crippen molar-refractivity contribution in [2.45, 2.75) is 26.8 Å². The number of para-hydroxylation sites is 1. The Kier molecular flexibility index (Phi) is 4.00. The highest BCUT2D eigenvalue weighted by molar-refractivity contribution is 5.80. The number of rotatable bonds is 5. The van der Waals surface area contributed by atoms with Crippen molar-refractivity contribution in [1.29, 1.82) is 0 Å². The molecule has 114 valence electrons. The number of fused-ring (bicyclic) bond motifs is 1. The van der Waals surface area contributed by atoms with Gasteiger partial charge in [0.15, 0.2) is 0 Å². The zero-order chi connectivity index (χ0) is 15.5. The zero-order valence-corrected chi connectivity index (χ0v) is 13.0. The molecule has 0 bridgehead atoms.